The molecule has 1 aromatic rings. The number of methoxy groups -OCH3 is 2. The zero-order chi connectivity index (χ0) is 13.5. The van der Waals surface area contributed by atoms with Crippen LogP contribution in [0.3, 0.4) is 0 Å². The topological polar surface area (TPSA) is 30.5 Å². The monoisotopic (exact) mass is 251 g/mol. The van der Waals surface area contributed by atoms with E-state index in [2.05, 4.69) is 25.2 Å². The first kappa shape index (κ1) is 14.8. The molecule has 0 heterocycles. The third-order valence-electron chi connectivity index (χ3n) is 3.39. The molecule has 1 aromatic carbocycles. The highest BCUT2D eigenvalue weighted by Gasteiger charge is 2.16. The van der Waals surface area contributed by atoms with Gasteiger partial charge in [0.1, 0.15) is 11.5 Å². The molecule has 1 unspecified atom stereocenters. The van der Waals surface area contributed by atoms with Gasteiger partial charge in [-0.25, -0.2) is 0 Å². The van der Waals surface area contributed by atoms with Gasteiger partial charge in [-0.1, -0.05) is 19.9 Å². The summed E-state index contributed by atoms with van der Waals surface area (Å²) in [6.45, 7) is 5.54. The minimum absolute atomic E-state index is 0.609. The molecule has 0 bridgehead atoms. The van der Waals surface area contributed by atoms with Gasteiger partial charge in [0.2, 0.25) is 0 Å². The lowest BCUT2D eigenvalue weighted by Gasteiger charge is -2.22. The van der Waals surface area contributed by atoms with Gasteiger partial charge in [-0.15, -0.1) is 0 Å². The molecule has 0 saturated carbocycles. The van der Waals surface area contributed by atoms with Crippen molar-refractivity contribution < 1.29 is 9.47 Å². The lowest BCUT2D eigenvalue weighted by molar-refractivity contribution is 0.355. The number of ether oxygens (including phenoxy) is 2. The van der Waals surface area contributed by atoms with Crippen LogP contribution in [0.5, 0.6) is 11.5 Å². The Balaban J connectivity index is 2.87. The van der Waals surface area contributed by atoms with Crippen molar-refractivity contribution in [3.63, 3.8) is 0 Å². The van der Waals surface area contributed by atoms with E-state index in [0.29, 0.717) is 11.8 Å². The summed E-state index contributed by atoms with van der Waals surface area (Å²) in [5.74, 6) is 3.00. The molecule has 1 atom stereocenters. The van der Waals surface area contributed by atoms with Crippen molar-refractivity contribution in [3.05, 3.63) is 23.8 Å². The minimum Gasteiger partial charge on any atom is -0.497 e. The largest absolute Gasteiger partial charge is 0.497 e. The molecule has 0 fully saturated rings. The van der Waals surface area contributed by atoms with Gasteiger partial charge in [-0.05, 0) is 43.5 Å². The van der Waals surface area contributed by atoms with Crippen molar-refractivity contribution >= 4 is 0 Å². The molecule has 0 radical (unpaired) electrons. The Morgan fingerprint density at radius 2 is 1.89 bits per heavy atom. The fourth-order valence-electron chi connectivity index (χ4n) is 2.11. The second-order valence-corrected chi connectivity index (χ2v) is 4.94. The highest BCUT2D eigenvalue weighted by molar-refractivity contribution is 5.41. The van der Waals surface area contributed by atoms with Crippen LogP contribution in [-0.2, 0) is 6.42 Å². The predicted octanol–water partition coefficient (Wildman–Crippen LogP) is 2.74. The average Bonchev–Trinajstić information content (AvgIpc) is 2.38. The molecule has 3 heteroatoms. The first-order valence-corrected chi connectivity index (χ1v) is 6.47. The number of nitrogens with one attached hydrogen (secondary N) is 1. The third kappa shape index (κ3) is 3.91. The zero-order valence-electron chi connectivity index (χ0n) is 12.1. The van der Waals surface area contributed by atoms with E-state index >= 15 is 0 Å². The van der Waals surface area contributed by atoms with Crippen molar-refractivity contribution in [2.75, 3.05) is 27.8 Å². The summed E-state index contributed by atoms with van der Waals surface area (Å²) in [7, 11) is 5.38. The smallest absolute Gasteiger partial charge is 0.125 e. The summed E-state index contributed by atoms with van der Waals surface area (Å²) in [5.41, 5.74) is 1.24. The molecule has 1 rings (SSSR count). The molecular formula is C15H25NO2. The maximum absolute atomic E-state index is 5.45. The third-order valence-corrected chi connectivity index (χ3v) is 3.39. The molecule has 0 aliphatic heterocycles. The molecule has 0 aliphatic carbocycles. The van der Waals surface area contributed by atoms with Crippen molar-refractivity contribution in [2.24, 2.45) is 11.8 Å². The first-order chi connectivity index (χ1) is 8.62. The highest BCUT2D eigenvalue weighted by Crippen LogP contribution is 2.28. The molecule has 1 N–H and O–H groups in total. The summed E-state index contributed by atoms with van der Waals surface area (Å²) in [5, 5.41) is 3.26. The van der Waals surface area contributed by atoms with Crippen molar-refractivity contribution in [1.29, 1.82) is 0 Å². The Morgan fingerprint density at radius 1 is 1.17 bits per heavy atom. The van der Waals surface area contributed by atoms with Crippen LogP contribution in [0.15, 0.2) is 18.2 Å². The average molecular weight is 251 g/mol. The highest BCUT2D eigenvalue weighted by atomic mass is 16.5. The quantitative estimate of drug-likeness (QED) is 0.808. The van der Waals surface area contributed by atoms with Crippen LogP contribution in [0.25, 0.3) is 0 Å². The van der Waals surface area contributed by atoms with E-state index in [-0.39, 0.29) is 0 Å². The molecule has 102 valence electrons. The fourth-order valence-corrected chi connectivity index (χ4v) is 2.11. The summed E-state index contributed by atoms with van der Waals surface area (Å²) in [4.78, 5) is 0. The predicted molar refractivity (Wildman–Crippen MR) is 75.5 cm³/mol. The van der Waals surface area contributed by atoms with Gasteiger partial charge in [-0.3, -0.25) is 0 Å². The Bertz CT molecular complexity index is 364. The van der Waals surface area contributed by atoms with Crippen LogP contribution in [0, 0.1) is 11.8 Å². The van der Waals surface area contributed by atoms with Crippen molar-refractivity contribution in [1.82, 2.24) is 5.32 Å². The fraction of sp³-hybridized carbons (Fsp3) is 0.600. The summed E-state index contributed by atoms with van der Waals surface area (Å²) in [6.07, 6.45) is 1.02. The lowest BCUT2D eigenvalue weighted by Crippen LogP contribution is -2.25. The van der Waals surface area contributed by atoms with E-state index in [4.69, 9.17) is 9.47 Å². The first-order valence-electron chi connectivity index (χ1n) is 6.47. The number of hydrogen-bond donors (Lipinski definition) is 1. The van der Waals surface area contributed by atoms with E-state index in [0.717, 1.165) is 24.5 Å². The minimum atomic E-state index is 0.609. The number of benzene rings is 1. The number of rotatable bonds is 7. The van der Waals surface area contributed by atoms with Crippen LogP contribution >= 0.6 is 0 Å². The SMILES string of the molecule is CNCC(Cc1ccc(OC)cc1OC)C(C)C. The van der Waals surface area contributed by atoms with Crippen LogP contribution in [0.4, 0.5) is 0 Å². The Labute approximate surface area is 110 Å². The van der Waals surface area contributed by atoms with Gasteiger partial charge >= 0.3 is 0 Å². The molecule has 0 amide bonds. The zero-order valence-corrected chi connectivity index (χ0v) is 12.1. The second-order valence-electron chi connectivity index (χ2n) is 4.94. The summed E-state index contributed by atoms with van der Waals surface area (Å²) < 4.78 is 10.7. The van der Waals surface area contributed by atoms with Crippen LogP contribution in [-0.4, -0.2) is 27.8 Å². The Morgan fingerprint density at radius 3 is 2.39 bits per heavy atom. The molecule has 0 spiro atoms. The molecule has 0 saturated heterocycles. The van der Waals surface area contributed by atoms with Gasteiger partial charge < -0.3 is 14.8 Å². The maximum Gasteiger partial charge on any atom is 0.125 e. The van der Waals surface area contributed by atoms with Gasteiger partial charge in [0.25, 0.3) is 0 Å². The van der Waals surface area contributed by atoms with Crippen LogP contribution in [0.2, 0.25) is 0 Å². The molecule has 0 aromatic heterocycles. The van der Waals surface area contributed by atoms with E-state index < -0.39 is 0 Å². The van der Waals surface area contributed by atoms with E-state index in [1.165, 1.54) is 5.56 Å². The summed E-state index contributed by atoms with van der Waals surface area (Å²) >= 11 is 0. The standard InChI is InChI=1S/C15H25NO2/c1-11(2)13(10-16-3)8-12-6-7-14(17-4)9-15(12)18-5/h6-7,9,11,13,16H,8,10H2,1-5H3. The second kappa shape index (κ2) is 7.27. The van der Waals surface area contributed by atoms with Crippen LogP contribution in [0.1, 0.15) is 19.4 Å². The molecule has 18 heavy (non-hydrogen) atoms. The van der Waals surface area contributed by atoms with Gasteiger partial charge in [0.05, 0.1) is 14.2 Å². The van der Waals surface area contributed by atoms with Crippen molar-refractivity contribution in [3.8, 4) is 11.5 Å². The Hall–Kier alpha value is -1.22. The van der Waals surface area contributed by atoms with E-state index in [9.17, 15) is 0 Å². The van der Waals surface area contributed by atoms with Crippen LogP contribution < -0.4 is 14.8 Å². The van der Waals surface area contributed by atoms with E-state index in [1.54, 1.807) is 14.2 Å². The Kier molecular flexibility index (Phi) is 5.99. The maximum atomic E-state index is 5.45. The van der Waals surface area contributed by atoms with Gasteiger partial charge in [0, 0.05) is 6.07 Å². The van der Waals surface area contributed by atoms with Crippen molar-refractivity contribution in [2.45, 2.75) is 20.3 Å². The number of hydrogen-bond acceptors (Lipinski definition) is 3. The molecule has 3 nitrogen and oxygen atoms in total. The lowest BCUT2D eigenvalue weighted by atomic mass is 9.89. The molecule has 0 aliphatic rings. The van der Waals surface area contributed by atoms with Gasteiger partial charge in [-0.2, -0.15) is 0 Å². The molecular weight excluding hydrogens is 226 g/mol. The van der Waals surface area contributed by atoms with E-state index in [1.807, 2.05) is 19.2 Å². The van der Waals surface area contributed by atoms with Gasteiger partial charge in [0.15, 0.2) is 0 Å². The normalized spacial score (nSPS) is 12.6. The summed E-state index contributed by atoms with van der Waals surface area (Å²) in [6, 6.07) is 6.05.